The predicted octanol–water partition coefficient (Wildman–Crippen LogP) is 2.90. The Morgan fingerprint density at radius 2 is 2.03 bits per heavy atom. The van der Waals surface area contributed by atoms with Crippen molar-refractivity contribution < 1.29 is 23.7 Å². The first-order valence-electron chi connectivity index (χ1n) is 11.2. The molecule has 0 unspecified atom stereocenters. The number of ether oxygens (including phenoxy) is 5. The Hall–Kier alpha value is -2.19. The summed E-state index contributed by atoms with van der Waals surface area (Å²) in [7, 11) is 0. The minimum atomic E-state index is -0.0573. The molecule has 0 aromatic heterocycles. The van der Waals surface area contributed by atoms with E-state index in [-0.39, 0.29) is 6.10 Å². The average Bonchev–Trinajstić information content (AvgIpc) is 2.82. The van der Waals surface area contributed by atoms with Gasteiger partial charge in [-0.2, -0.15) is 4.99 Å². The number of hydrogen-bond donors (Lipinski definition) is 0. The molecular formula is C24H30N2O5. The molecule has 0 bridgehead atoms. The summed E-state index contributed by atoms with van der Waals surface area (Å²) in [5.74, 6) is 1.29. The molecule has 0 N–H and O–H groups in total. The Bertz CT molecular complexity index is 869. The van der Waals surface area contributed by atoms with Gasteiger partial charge in [0, 0.05) is 31.4 Å². The fraction of sp³-hybridized carbons (Fsp3) is 0.542. The van der Waals surface area contributed by atoms with Crippen LogP contribution in [0, 0.1) is 0 Å². The molecular weight excluding hydrogens is 396 g/mol. The van der Waals surface area contributed by atoms with E-state index >= 15 is 0 Å². The molecule has 0 saturated carbocycles. The Labute approximate surface area is 183 Å². The quantitative estimate of drug-likeness (QED) is 0.722. The van der Waals surface area contributed by atoms with Gasteiger partial charge in [0.25, 0.3) is 0 Å². The van der Waals surface area contributed by atoms with Crippen molar-refractivity contribution in [1.29, 1.82) is 0 Å². The summed E-state index contributed by atoms with van der Waals surface area (Å²) in [5, 5.41) is 0. The second-order valence-corrected chi connectivity index (χ2v) is 8.29. The van der Waals surface area contributed by atoms with E-state index in [2.05, 4.69) is 34.7 Å². The number of benzene rings is 1. The van der Waals surface area contributed by atoms with Gasteiger partial charge in [-0.25, -0.2) is 0 Å². The minimum absolute atomic E-state index is 0.0573. The highest BCUT2D eigenvalue weighted by molar-refractivity contribution is 5.98. The Balaban J connectivity index is 1.27. The summed E-state index contributed by atoms with van der Waals surface area (Å²) in [4.78, 5) is 6.71. The normalized spacial score (nSPS) is 24.2. The molecule has 166 valence electrons. The van der Waals surface area contributed by atoms with Gasteiger partial charge >= 0.3 is 0 Å². The van der Waals surface area contributed by atoms with Crippen molar-refractivity contribution in [2.75, 3.05) is 46.2 Å². The first-order valence-corrected chi connectivity index (χ1v) is 11.2. The summed E-state index contributed by atoms with van der Waals surface area (Å²) in [6, 6.07) is 6.62. The van der Waals surface area contributed by atoms with Crippen molar-refractivity contribution >= 4 is 11.6 Å². The van der Waals surface area contributed by atoms with E-state index in [4.69, 9.17) is 23.7 Å². The molecule has 1 aromatic carbocycles. The number of aliphatic imine (C=N–C) groups is 1. The monoisotopic (exact) mass is 426 g/mol. The zero-order chi connectivity index (χ0) is 21.0. The number of rotatable bonds is 5. The van der Waals surface area contributed by atoms with Gasteiger partial charge in [-0.3, -0.25) is 0 Å². The zero-order valence-corrected chi connectivity index (χ0v) is 17.9. The third-order valence-electron chi connectivity index (χ3n) is 6.11. The summed E-state index contributed by atoms with van der Waals surface area (Å²) < 4.78 is 28.6. The molecule has 4 aliphatic heterocycles. The van der Waals surface area contributed by atoms with Crippen LogP contribution in [0.4, 0.5) is 0 Å². The smallest absolute Gasteiger partial charge is 0.217 e. The largest absolute Gasteiger partial charge is 0.475 e. The van der Waals surface area contributed by atoms with Crippen molar-refractivity contribution in [2.45, 2.75) is 38.1 Å². The van der Waals surface area contributed by atoms with Gasteiger partial charge in [0.15, 0.2) is 0 Å². The second-order valence-electron chi connectivity index (χ2n) is 8.29. The molecule has 4 heterocycles. The molecule has 4 aliphatic rings. The van der Waals surface area contributed by atoms with Crippen LogP contribution in [0.25, 0.3) is 5.70 Å². The van der Waals surface area contributed by atoms with Crippen molar-refractivity contribution in [3.63, 3.8) is 0 Å². The SMILES string of the molecule is C=C1N=C(OC[C@H]2COCCO2)C=C2c3ccc(COC4CCOCC4)cc3CCN12. The van der Waals surface area contributed by atoms with E-state index in [1.54, 1.807) is 0 Å². The van der Waals surface area contributed by atoms with Crippen LogP contribution in [0.5, 0.6) is 0 Å². The molecule has 1 atom stereocenters. The molecule has 2 saturated heterocycles. The fourth-order valence-corrected chi connectivity index (χ4v) is 4.39. The van der Waals surface area contributed by atoms with Gasteiger partial charge in [0.05, 0.1) is 38.2 Å². The summed E-state index contributed by atoms with van der Waals surface area (Å²) in [6.07, 6.45) is 5.17. The highest BCUT2D eigenvalue weighted by Crippen LogP contribution is 2.34. The van der Waals surface area contributed by atoms with Crippen molar-refractivity contribution in [3.05, 3.63) is 53.4 Å². The molecule has 0 radical (unpaired) electrons. The maximum absolute atomic E-state index is 6.11. The van der Waals surface area contributed by atoms with Crippen molar-refractivity contribution in [2.24, 2.45) is 4.99 Å². The lowest BCUT2D eigenvalue weighted by atomic mass is 9.93. The lowest BCUT2D eigenvalue weighted by Gasteiger charge is -2.35. The Morgan fingerprint density at radius 1 is 1.13 bits per heavy atom. The topological polar surface area (TPSA) is 61.8 Å². The van der Waals surface area contributed by atoms with Crippen molar-refractivity contribution in [3.8, 4) is 0 Å². The first-order chi connectivity index (χ1) is 15.3. The van der Waals surface area contributed by atoms with Crippen LogP contribution in [0.2, 0.25) is 0 Å². The lowest BCUT2D eigenvalue weighted by Crippen LogP contribution is -2.35. The Morgan fingerprint density at radius 3 is 2.87 bits per heavy atom. The van der Waals surface area contributed by atoms with Gasteiger partial charge < -0.3 is 28.6 Å². The standard InChI is InChI=1S/C24H30N2O5/c1-17-25-24(31-16-21-15-28-10-11-29-21)13-23-22-3-2-18(12-19(22)4-7-26(17)23)14-30-20-5-8-27-9-6-20/h2-3,12-13,20-21H,1,4-11,14-16H2/t21-/m1/s1. The highest BCUT2D eigenvalue weighted by Gasteiger charge is 2.27. The third-order valence-corrected chi connectivity index (χ3v) is 6.11. The van der Waals surface area contributed by atoms with Crippen LogP contribution in [0.3, 0.4) is 0 Å². The fourth-order valence-electron chi connectivity index (χ4n) is 4.39. The summed E-state index contributed by atoms with van der Waals surface area (Å²) in [6.45, 7) is 9.48. The zero-order valence-electron chi connectivity index (χ0n) is 17.9. The maximum Gasteiger partial charge on any atom is 0.217 e. The van der Waals surface area contributed by atoms with Crippen LogP contribution in [0.1, 0.15) is 29.5 Å². The van der Waals surface area contributed by atoms with Crippen LogP contribution in [0.15, 0.2) is 41.7 Å². The molecule has 0 spiro atoms. The lowest BCUT2D eigenvalue weighted by molar-refractivity contribution is -0.103. The van der Waals surface area contributed by atoms with Gasteiger partial charge in [0.1, 0.15) is 18.5 Å². The Kier molecular flexibility index (Phi) is 6.36. The van der Waals surface area contributed by atoms with E-state index in [9.17, 15) is 0 Å². The van der Waals surface area contributed by atoms with Gasteiger partial charge in [-0.1, -0.05) is 24.8 Å². The van der Waals surface area contributed by atoms with Crippen molar-refractivity contribution in [1.82, 2.24) is 4.90 Å². The molecule has 0 aliphatic carbocycles. The average molecular weight is 427 g/mol. The van der Waals surface area contributed by atoms with Crippen LogP contribution < -0.4 is 0 Å². The number of hydrogen-bond acceptors (Lipinski definition) is 7. The molecule has 7 heteroatoms. The first kappa shape index (κ1) is 20.7. The molecule has 31 heavy (non-hydrogen) atoms. The maximum atomic E-state index is 6.11. The molecule has 0 amide bonds. The second kappa shape index (κ2) is 9.53. The predicted molar refractivity (Wildman–Crippen MR) is 117 cm³/mol. The molecule has 1 aromatic rings. The minimum Gasteiger partial charge on any atom is -0.475 e. The van der Waals surface area contributed by atoms with E-state index < -0.39 is 0 Å². The van der Waals surface area contributed by atoms with Crippen LogP contribution >= 0.6 is 0 Å². The van der Waals surface area contributed by atoms with Gasteiger partial charge in [-0.15, -0.1) is 0 Å². The van der Waals surface area contributed by atoms with E-state index in [1.807, 2.05) is 6.08 Å². The number of nitrogens with zero attached hydrogens (tertiary/aromatic N) is 2. The van der Waals surface area contributed by atoms with E-state index in [1.165, 1.54) is 16.7 Å². The highest BCUT2D eigenvalue weighted by atomic mass is 16.6. The van der Waals surface area contributed by atoms with E-state index in [0.29, 0.717) is 50.9 Å². The van der Waals surface area contributed by atoms with E-state index in [0.717, 1.165) is 44.7 Å². The molecule has 7 nitrogen and oxygen atoms in total. The third kappa shape index (κ3) is 4.85. The van der Waals surface area contributed by atoms with Gasteiger partial charge in [-0.05, 0) is 30.4 Å². The van der Waals surface area contributed by atoms with Gasteiger partial charge in [0.2, 0.25) is 5.90 Å². The van der Waals surface area contributed by atoms with Crippen LogP contribution in [-0.4, -0.2) is 69.2 Å². The summed E-state index contributed by atoms with van der Waals surface area (Å²) in [5.41, 5.74) is 4.84. The summed E-state index contributed by atoms with van der Waals surface area (Å²) >= 11 is 0. The number of fused-ring (bicyclic) bond motifs is 3. The molecule has 5 rings (SSSR count). The van der Waals surface area contributed by atoms with Crippen LogP contribution in [-0.2, 0) is 36.7 Å². The molecule has 2 fully saturated rings.